The lowest BCUT2D eigenvalue weighted by atomic mass is 10.1. The molecule has 0 amide bonds. The molecule has 0 N–H and O–H groups in total. The largest absolute Gasteiger partial charge is 0.501 e. The van der Waals surface area contributed by atoms with E-state index in [0.29, 0.717) is 44.1 Å². The van der Waals surface area contributed by atoms with Crippen LogP contribution in [0.4, 0.5) is 0 Å². The van der Waals surface area contributed by atoms with E-state index in [1.807, 2.05) is 13.8 Å². The van der Waals surface area contributed by atoms with E-state index in [9.17, 15) is 9.59 Å². The number of carbonyl (C=O) groups excluding carboxylic acids is 2. The Hall–Kier alpha value is -1.60. The molecule has 0 aliphatic rings. The minimum Gasteiger partial charge on any atom is -0.463 e. The fourth-order valence-electron chi connectivity index (χ4n) is 3.00. The molecule has 10 nitrogen and oxygen atoms in total. The molecular weight excluding hydrogens is 452 g/mol. The van der Waals surface area contributed by atoms with Crippen LogP contribution in [-0.4, -0.2) is 80.6 Å². The number of carbonyl (C=O) groups is 2. The molecule has 1 unspecified atom stereocenters. The summed E-state index contributed by atoms with van der Waals surface area (Å²) in [6.45, 7) is 13.2. The van der Waals surface area contributed by atoms with Crippen LogP contribution in [0.5, 0.6) is 0 Å². The Balaban J connectivity index is 5.58. The maximum Gasteiger partial charge on any atom is 0.501 e. The van der Waals surface area contributed by atoms with E-state index >= 15 is 0 Å². The van der Waals surface area contributed by atoms with Gasteiger partial charge in [-0.25, -0.2) is 9.59 Å². The van der Waals surface area contributed by atoms with Gasteiger partial charge in [-0.2, -0.15) is 0 Å². The van der Waals surface area contributed by atoms with Crippen molar-refractivity contribution in [2.24, 2.45) is 0 Å². The molecule has 0 aromatic heterocycles. The van der Waals surface area contributed by atoms with E-state index in [2.05, 4.69) is 13.2 Å². The number of hydrogen-bond donors (Lipinski definition) is 0. The summed E-state index contributed by atoms with van der Waals surface area (Å²) in [4.78, 5) is 23.0. The van der Waals surface area contributed by atoms with Crippen LogP contribution in [0.1, 0.15) is 40.0 Å². The molecule has 0 aromatic rings. The lowest BCUT2D eigenvalue weighted by Crippen LogP contribution is -2.57. The molecule has 0 saturated heterocycles. The van der Waals surface area contributed by atoms with Gasteiger partial charge in [-0.1, -0.05) is 13.2 Å². The van der Waals surface area contributed by atoms with Gasteiger partial charge < -0.3 is 37.0 Å². The highest BCUT2D eigenvalue weighted by Gasteiger charge is 2.50. The second-order valence-corrected chi connectivity index (χ2v) is 9.58. The maximum atomic E-state index is 11.7. The molecule has 0 bridgehead atoms. The van der Waals surface area contributed by atoms with Gasteiger partial charge in [0.15, 0.2) is 0 Å². The lowest BCUT2D eigenvalue weighted by molar-refractivity contribution is -0.388. The van der Waals surface area contributed by atoms with Crippen LogP contribution in [-0.2, 0) is 46.6 Å². The summed E-state index contributed by atoms with van der Waals surface area (Å²) >= 11 is 0. The first-order valence-electron chi connectivity index (χ1n) is 10.9. The minimum absolute atomic E-state index is 0.145. The van der Waals surface area contributed by atoms with E-state index in [0.717, 1.165) is 6.08 Å². The molecule has 0 saturated carbocycles. The van der Waals surface area contributed by atoms with Gasteiger partial charge in [0.2, 0.25) is 0 Å². The summed E-state index contributed by atoms with van der Waals surface area (Å²) in [6.07, 6.45) is 1.55. The van der Waals surface area contributed by atoms with Crippen molar-refractivity contribution in [3.05, 3.63) is 24.8 Å². The zero-order chi connectivity index (χ0) is 25.3. The highest BCUT2D eigenvalue weighted by Crippen LogP contribution is 2.30. The molecule has 0 aliphatic heterocycles. The molecule has 0 radical (unpaired) electrons. The standard InChI is InChI=1S/C22H40O10Si/c1-9-20(23)28-15-12-14-19(22(25-6,26-7)27-8)32-33(30-10-2,31-11-3)17-13-16-29-21(24)18(4)5/h9,19H,1,4,10-17H2,2-3,5-8H3. The first-order chi connectivity index (χ1) is 15.7. The molecule has 0 aromatic carbocycles. The third kappa shape index (κ3) is 10.9. The first kappa shape index (κ1) is 31.4. The van der Waals surface area contributed by atoms with Gasteiger partial charge in [0.25, 0.3) is 0 Å². The van der Waals surface area contributed by atoms with Crippen LogP contribution in [0.15, 0.2) is 24.8 Å². The number of ether oxygens (including phenoxy) is 5. The lowest BCUT2D eigenvalue weighted by Gasteiger charge is -2.40. The predicted octanol–water partition coefficient (Wildman–Crippen LogP) is 3.00. The van der Waals surface area contributed by atoms with E-state index in [1.165, 1.54) is 21.3 Å². The summed E-state index contributed by atoms with van der Waals surface area (Å²) in [5.41, 5.74) is 0.326. The van der Waals surface area contributed by atoms with E-state index in [-0.39, 0.29) is 13.2 Å². The van der Waals surface area contributed by atoms with Crippen molar-refractivity contribution < 1.29 is 46.6 Å². The molecule has 0 aliphatic carbocycles. The predicted molar refractivity (Wildman–Crippen MR) is 123 cm³/mol. The molecule has 0 rings (SSSR count). The second-order valence-electron chi connectivity index (χ2n) is 6.91. The van der Waals surface area contributed by atoms with Crippen LogP contribution in [0.2, 0.25) is 6.04 Å². The minimum atomic E-state index is -3.28. The van der Waals surface area contributed by atoms with Crippen molar-refractivity contribution in [2.75, 3.05) is 47.8 Å². The molecule has 192 valence electrons. The molecule has 0 heterocycles. The van der Waals surface area contributed by atoms with Gasteiger partial charge in [-0.05, 0) is 40.0 Å². The molecular formula is C22H40O10Si. The Labute approximate surface area is 198 Å². The summed E-state index contributed by atoms with van der Waals surface area (Å²) in [5, 5.41) is 0. The quantitative estimate of drug-likeness (QED) is 0.0827. The Bertz CT molecular complexity index is 592. The fraction of sp³-hybridized carbons (Fsp3) is 0.727. The van der Waals surface area contributed by atoms with Crippen molar-refractivity contribution in [2.45, 2.75) is 58.2 Å². The van der Waals surface area contributed by atoms with E-state index in [4.69, 9.17) is 37.0 Å². The summed E-state index contributed by atoms with van der Waals surface area (Å²) in [5.74, 6) is -2.51. The van der Waals surface area contributed by atoms with Gasteiger partial charge in [0.05, 0.1) is 13.2 Å². The fourth-order valence-corrected chi connectivity index (χ4v) is 5.78. The van der Waals surface area contributed by atoms with Crippen LogP contribution >= 0.6 is 0 Å². The topological polar surface area (TPSA) is 108 Å². The zero-order valence-corrected chi connectivity index (χ0v) is 21.8. The van der Waals surface area contributed by atoms with E-state index < -0.39 is 32.8 Å². The van der Waals surface area contributed by atoms with Crippen molar-refractivity contribution in [3.63, 3.8) is 0 Å². The highest BCUT2D eigenvalue weighted by atomic mass is 28.4. The summed E-state index contributed by atoms with van der Waals surface area (Å²) in [7, 11) is 1.02. The third-order valence-electron chi connectivity index (χ3n) is 4.53. The monoisotopic (exact) mass is 492 g/mol. The molecule has 1 atom stereocenters. The van der Waals surface area contributed by atoms with Crippen molar-refractivity contribution in [3.8, 4) is 0 Å². The van der Waals surface area contributed by atoms with Crippen molar-refractivity contribution in [1.82, 2.24) is 0 Å². The smallest absolute Gasteiger partial charge is 0.463 e. The average Bonchev–Trinajstić information content (AvgIpc) is 2.80. The van der Waals surface area contributed by atoms with Gasteiger partial charge in [-0.3, -0.25) is 0 Å². The average molecular weight is 493 g/mol. The molecule has 33 heavy (non-hydrogen) atoms. The Morgan fingerprint density at radius 1 is 0.970 bits per heavy atom. The first-order valence-corrected chi connectivity index (χ1v) is 12.9. The molecule has 0 fully saturated rings. The highest BCUT2D eigenvalue weighted by molar-refractivity contribution is 6.60. The number of esters is 2. The number of methoxy groups -OCH3 is 3. The molecule has 0 spiro atoms. The van der Waals surface area contributed by atoms with Gasteiger partial charge in [0, 0.05) is 52.2 Å². The van der Waals surface area contributed by atoms with Crippen LogP contribution in [0, 0.1) is 0 Å². The van der Waals surface area contributed by atoms with Crippen molar-refractivity contribution in [1.29, 1.82) is 0 Å². The maximum absolute atomic E-state index is 11.7. The number of rotatable bonds is 20. The third-order valence-corrected chi connectivity index (χ3v) is 7.60. The van der Waals surface area contributed by atoms with Crippen LogP contribution in [0.3, 0.4) is 0 Å². The summed E-state index contributed by atoms with van der Waals surface area (Å²) in [6, 6.07) is 0.382. The summed E-state index contributed by atoms with van der Waals surface area (Å²) < 4.78 is 45.3. The van der Waals surface area contributed by atoms with E-state index in [1.54, 1.807) is 6.92 Å². The Morgan fingerprint density at radius 3 is 1.97 bits per heavy atom. The van der Waals surface area contributed by atoms with Crippen molar-refractivity contribution >= 4 is 20.7 Å². The van der Waals surface area contributed by atoms with Crippen LogP contribution in [0.25, 0.3) is 0 Å². The Kier molecular flexibility index (Phi) is 16.1. The normalized spacial score (nSPS) is 12.8. The van der Waals surface area contributed by atoms with Gasteiger partial charge in [-0.15, -0.1) is 0 Å². The van der Waals surface area contributed by atoms with Gasteiger partial charge in [0.1, 0.15) is 6.10 Å². The zero-order valence-electron chi connectivity index (χ0n) is 20.8. The van der Waals surface area contributed by atoms with Crippen LogP contribution < -0.4 is 0 Å². The second kappa shape index (κ2) is 16.9. The van der Waals surface area contributed by atoms with Gasteiger partial charge >= 0.3 is 26.7 Å². The molecule has 11 heteroatoms. The number of hydrogen-bond acceptors (Lipinski definition) is 10. The SMILES string of the molecule is C=CC(=O)OCCCC(O[Si](CCCOC(=O)C(=C)C)(OCC)OCC)C(OC)(OC)OC. The Morgan fingerprint density at radius 2 is 1.52 bits per heavy atom.